The van der Waals surface area contributed by atoms with Crippen molar-refractivity contribution >= 4 is 5.69 Å². The molecule has 0 unspecified atom stereocenters. The molecule has 0 aliphatic rings. The van der Waals surface area contributed by atoms with Gasteiger partial charge in [0.15, 0.2) is 0 Å². The predicted octanol–water partition coefficient (Wildman–Crippen LogP) is 2.74. The highest BCUT2D eigenvalue weighted by molar-refractivity contribution is 5.46. The minimum Gasteiger partial charge on any atom is -0.396 e. The minimum atomic E-state index is -0.338. The smallest absolute Gasteiger partial charge is 0.146 e. The molecule has 0 fully saturated rings. The third kappa shape index (κ3) is 2.58. The summed E-state index contributed by atoms with van der Waals surface area (Å²) in [5.41, 5.74) is 6.34. The van der Waals surface area contributed by atoms with Crippen molar-refractivity contribution in [1.29, 1.82) is 0 Å². The van der Waals surface area contributed by atoms with Gasteiger partial charge < -0.3 is 5.73 Å². The van der Waals surface area contributed by atoms with Crippen molar-refractivity contribution in [3.8, 4) is 0 Å². The molecule has 0 saturated heterocycles. The highest BCUT2D eigenvalue weighted by Gasteiger charge is 1.96. The summed E-state index contributed by atoms with van der Waals surface area (Å²) in [7, 11) is 0. The third-order valence-corrected chi connectivity index (χ3v) is 1.27. The Kier molecular flexibility index (Phi) is 4.27. The molecule has 0 spiro atoms. The summed E-state index contributed by atoms with van der Waals surface area (Å²) < 4.78 is 12.5. The van der Waals surface area contributed by atoms with E-state index in [2.05, 4.69) is 0 Å². The minimum absolute atomic E-state index is 0.248. The third-order valence-electron chi connectivity index (χ3n) is 1.27. The molecule has 0 aromatic heterocycles. The Hall–Kier alpha value is -1.05. The van der Waals surface area contributed by atoms with E-state index in [0.29, 0.717) is 0 Å². The number of rotatable bonds is 0. The van der Waals surface area contributed by atoms with E-state index in [-0.39, 0.29) is 11.5 Å². The fourth-order valence-electron chi connectivity index (χ4n) is 0.645. The fraction of sp³-hybridized carbons (Fsp3) is 0.333. The summed E-state index contributed by atoms with van der Waals surface area (Å²) >= 11 is 0. The van der Waals surface area contributed by atoms with Crippen molar-refractivity contribution < 1.29 is 4.39 Å². The van der Waals surface area contributed by atoms with Crippen molar-refractivity contribution in [2.45, 2.75) is 20.8 Å². The summed E-state index contributed by atoms with van der Waals surface area (Å²) in [5, 5.41) is 0. The van der Waals surface area contributed by atoms with Gasteiger partial charge in [-0.05, 0) is 18.6 Å². The molecule has 2 heteroatoms. The van der Waals surface area contributed by atoms with E-state index in [0.717, 1.165) is 5.56 Å². The lowest BCUT2D eigenvalue weighted by Crippen LogP contribution is -1.92. The maximum atomic E-state index is 12.5. The molecule has 1 nitrogen and oxygen atoms in total. The van der Waals surface area contributed by atoms with Gasteiger partial charge in [0.2, 0.25) is 0 Å². The summed E-state index contributed by atoms with van der Waals surface area (Å²) in [5.74, 6) is -0.338. The van der Waals surface area contributed by atoms with E-state index < -0.39 is 0 Å². The van der Waals surface area contributed by atoms with E-state index in [1.54, 1.807) is 19.1 Å². The van der Waals surface area contributed by atoms with Crippen molar-refractivity contribution in [3.63, 3.8) is 0 Å². The average Bonchev–Trinajstić information content (AvgIpc) is 2.04. The zero-order chi connectivity index (χ0) is 8.85. The molecule has 11 heavy (non-hydrogen) atoms. The molecule has 1 rings (SSSR count). The van der Waals surface area contributed by atoms with Crippen LogP contribution in [0.4, 0.5) is 10.1 Å². The molecule has 0 atom stereocenters. The molecule has 0 saturated carbocycles. The summed E-state index contributed by atoms with van der Waals surface area (Å²) in [6, 6.07) is 4.77. The number of hydrogen-bond donors (Lipinski definition) is 1. The lowest BCUT2D eigenvalue weighted by Gasteiger charge is -1.97. The van der Waals surface area contributed by atoms with Gasteiger partial charge in [-0.15, -0.1) is 0 Å². The van der Waals surface area contributed by atoms with Crippen LogP contribution in [-0.2, 0) is 0 Å². The molecule has 0 aliphatic carbocycles. The number of benzene rings is 1. The average molecular weight is 155 g/mol. The fourth-order valence-corrected chi connectivity index (χ4v) is 0.645. The number of nitrogen functional groups attached to an aromatic ring is 1. The van der Waals surface area contributed by atoms with E-state index in [9.17, 15) is 4.39 Å². The zero-order valence-corrected chi connectivity index (χ0v) is 7.19. The van der Waals surface area contributed by atoms with E-state index >= 15 is 0 Å². The van der Waals surface area contributed by atoms with E-state index in [1.807, 2.05) is 13.8 Å². The first-order valence-corrected chi connectivity index (χ1v) is 3.72. The lowest BCUT2D eigenvalue weighted by molar-refractivity contribution is 0.631. The van der Waals surface area contributed by atoms with Gasteiger partial charge in [0.1, 0.15) is 5.82 Å². The van der Waals surface area contributed by atoms with Crippen LogP contribution < -0.4 is 5.73 Å². The van der Waals surface area contributed by atoms with Crippen LogP contribution in [0, 0.1) is 12.7 Å². The molecular formula is C9H14FN. The Morgan fingerprint density at radius 2 is 1.82 bits per heavy atom. The number of anilines is 1. The largest absolute Gasteiger partial charge is 0.396 e. The Morgan fingerprint density at radius 1 is 1.27 bits per heavy atom. The molecule has 0 aliphatic heterocycles. The number of nitrogens with two attached hydrogens (primary N) is 1. The van der Waals surface area contributed by atoms with Gasteiger partial charge in [0.25, 0.3) is 0 Å². The molecule has 0 radical (unpaired) electrons. The number of para-hydroxylation sites is 1. The Bertz CT molecular complexity index is 201. The van der Waals surface area contributed by atoms with Gasteiger partial charge in [-0.1, -0.05) is 26.0 Å². The van der Waals surface area contributed by atoms with Gasteiger partial charge in [-0.3, -0.25) is 0 Å². The Balaban J connectivity index is 0.000000461. The second kappa shape index (κ2) is 4.72. The van der Waals surface area contributed by atoms with Crippen molar-refractivity contribution in [2.24, 2.45) is 0 Å². The van der Waals surface area contributed by atoms with Crippen LogP contribution in [0.5, 0.6) is 0 Å². The van der Waals surface area contributed by atoms with E-state index in [1.165, 1.54) is 6.07 Å². The highest BCUT2D eigenvalue weighted by atomic mass is 19.1. The topological polar surface area (TPSA) is 26.0 Å². The van der Waals surface area contributed by atoms with Crippen LogP contribution in [0.2, 0.25) is 0 Å². The van der Waals surface area contributed by atoms with E-state index in [4.69, 9.17) is 5.73 Å². The van der Waals surface area contributed by atoms with Gasteiger partial charge in [-0.2, -0.15) is 0 Å². The molecule has 1 aromatic carbocycles. The van der Waals surface area contributed by atoms with Crippen molar-refractivity contribution in [3.05, 3.63) is 29.6 Å². The van der Waals surface area contributed by atoms with Gasteiger partial charge in [-0.25, -0.2) is 4.39 Å². The van der Waals surface area contributed by atoms with Crippen LogP contribution in [0.15, 0.2) is 18.2 Å². The van der Waals surface area contributed by atoms with Gasteiger partial charge in [0, 0.05) is 0 Å². The molecule has 0 amide bonds. The number of halogens is 1. The first-order valence-electron chi connectivity index (χ1n) is 3.72. The maximum absolute atomic E-state index is 12.5. The first kappa shape index (κ1) is 9.95. The Morgan fingerprint density at radius 3 is 2.18 bits per heavy atom. The number of hydrogen-bond acceptors (Lipinski definition) is 1. The molecular weight excluding hydrogens is 141 g/mol. The molecule has 0 heterocycles. The predicted molar refractivity (Wildman–Crippen MR) is 46.9 cm³/mol. The molecule has 1 aromatic rings. The monoisotopic (exact) mass is 155 g/mol. The van der Waals surface area contributed by atoms with Crippen molar-refractivity contribution in [1.82, 2.24) is 0 Å². The quantitative estimate of drug-likeness (QED) is 0.573. The molecule has 62 valence electrons. The van der Waals surface area contributed by atoms with Crippen LogP contribution in [0.1, 0.15) is 19.4 Å². The van der Waals surface area contributed by atoms with Gasteiger partial charge >= 0.3 is 0 Å². The van der Waals surface area contributed by atoms with Gasteiger partial charge in [0.05, 0.1) is 5.69 Å². The van der Waals surface area contributed by atoms with Crippen LogP contribution >= 0.6 is 0 Å². The summed E-state index contributed by atoms with van der Waals surface area (Å²) in [4.78, 5) is 0. The zero-order valence-electron chi connectivity index (χ0n) is 7.19. The molecule has 2 N–H and O–H groups in total. The first-order chi connectivity index (χ1) is 5.22. The van der Waals surface area contributed by atoms with Crippen LogP contribution in [0.25, 0.3) is 0 Å². The normalized spacial score (nSPS) is 8.36. The summed E-state index contributed by atoms with van der Waals surface area (Å²) in [6.45, 7) is 5.78. The molecule has 0 bridgehead atoms. The second-order valence-corrected chi connectivity index (χ2v) is 1.97. The lowest BCUT2D eigenvalue weighted by atomic mass is 10.2. The number of aryl methyl sites for hydroxylation is 1. The van der Waals surface area contributed by atoms with Crippen LogP contribution in [0.3, 0.4) is 0 Å². The van der Waals surface area contributed by atoms with Crippen molar-refractivity contribution in [2.75, 3.05) is 5.73 Å². The summed E-state index contributed by atoms with van der Waals surface area (Å²) in [6.07, 6.45) is 0. The highest BCUT2D eigenvalue weighted by Crippen LogP contribution is 2.13. The SMILES string of the molecule is CC.Cc1cccc(F)c1N. The Labute approximate surface area is 67.0 Å². The van der Waals surface area contributed by atoms with Crippen LogP contribution in [-0.4, -0.2) is 0 Å². The standard InChI is InChI=1S/C7H8FN.C2H6/c1-5-3-2-4-6(8)7(5)9;1-2/h2-4H,9H2,1H3;1-2H3. The second-order valence-electron chi connectivity index (χ2n) is 1.97. The maximum Gasteiger partial charge on any atom is 0.146 e.